The summed E-state index contributed by atoms with van der Waals surface area (Å²) >= 11 is 0. The predicted octanol–water partition coefficient (Wildman–Crippen LogP) is -3.73. The molecular formula is C14H24O10. The predicted molar refractivity (Wildman–Crippen MR) is 75.7 cm³/mol. The fourth-order valence-corrected chi connectivity index (χ4v) is 2.79. The summed E-state index contributed by atoms with van der Waals surface area (Å²) in [5, 5.41) is 58.6. The van der Waals surface area contributed by atoms with Crippen LogP contribution in [0.3, 0.4) is 0 Å². The minimum absolute atomic E-state index is 0.343. The van der Waals surface area contributed by atoms with Crippen LogP contribution in [0.2, 0.25) is 0 Å². The number of Topliss-reactive ketones (excluding diaryl/α,β-unsaturated/α-hetero) is 1. The number of carbonyl (C=O) groups excluding carboxylic acids is 1. The molecule has 0 radical (unpaired) electrons. The Hall–Kier alpha value is -0.690. The van der Waals surface area contributed by atoms with Crippen molar-refractivity contribution in [1.29, 1.82) is 0 Å². The fourth-order valence-electron chi connectivity index (χ4n) is 2.79. The standard InChI is InChI=1S/C14H24O10/c1-4(15)13-11(20)10(19)12(21)14(24-13)22-3-6-8(17)9(18)7(16)5(2)23-6/h5-14,16-21H,3H2,1-2H3/t5-,6?,7?,8+,9+,10-,11-,12?,13?,14-/m0/s1. The van der Waals surface area contributed by atoms with E-state index in [2.05, 4.69) is 0 Å². The Labute approximate surface area is 138 Å². The zero-order valence-electron chi connectivity index (χ0n) is 13.3. The summed E-state index contributed by atoms with van der Waals surface area (Å²) in [6, 6.07) is 0. The van der Waals surface area contributed by atoms with Crippen molar-refractivity contribution in [3.63, 3.8) is 0 Å². The van der Waals surface area contributed by atoms with Crippen LogP contribution in [0.5, 0.6) is 0 Å². The van der Waals surface area contributed by atoms with Gasteiger partial charge in [0.2, 0.25) is 0 Å². The monoisotopic (exact) mass is 352 g/mol. The molecule has 2 aliphatic rings. The highest BCUT2D eigenvalue weighted by molar-refractivity contribution is 5.81. The van der Waals surface area contributed by atoms with Crippen molar-refractivity contribution in [3.8, 4) is 0 Å². The zero-order chi connectivity index (χ0) is 18.2. The molecule has 0 aromatic heterocycles. The van der Waals surface area contributed by atoms with Crippen molar-refractivity contribution in [2.45, 2.75) is 75.1 Å². The first-order valence-electron chi connectivity index (χ1n) is 7.66. The first kappa shape index (κ1) is 19.6. The number of aliphatic hydroxyl groups is 6. The Morgan fingerprint density at radius 3 is 2.04 bits per heavy atom. The maximum Gasteiger partial charge on any atom is 0.187 e. The van der Waals surface area contributed by atoms with Crippen molar-refractivity contribution in [1.82, 2.24) is 0 Å². The van der Waals surface area contributed by atoms with Crippen molar-refractivity contribution in [2.75, 3.05) is 6.61 Å². The number of ketones is 1. The van der Waals surface area contributed by atoms with Gasteiger partial charge < -0.3 is 44.8 Å². The maximum absolute atomic E-state index is 11.4. The van der Waals surface area contributed by atoms with Gasteiger partial charge in [0.05, 0.1) is 12.7 Å². The lowest BCUT2D eigenvalue weighted by Crippen LogP contribution is -2.61. The molecule has 0 bridgehead atoms. The molecule has 140 valence electrons. The molecular weight excluding hydrogens is 328 g/mol. The highest BCUT2D eigenvalue weighted by Crippen LogP contribution is 2.25. The Morgan fingerprint density at radius 2 is 1.46 bits per heavy atom. The smallest absolute Gasteiger partial charge is 0.187 e. The summed E-state index contributed by atoms with van der Waals surface area (Å²) in [6.45, 7) is 2.32. The van der Waals surface area contributed by atoms with E-state index in [1.165, 1.54) is 6.92 Å². The van der Waals surface area contributed by atoms with Gasteiger partial charge in [-0.3, -0.25) is 4.79 Å². The van der Waals surface area contributed by atoms with Crippen molar-refractivity contribution >= 4 is 5.78 Å². The molecule has 2 rings (SSSR count). The number of carbonyl (C=O) groups is 1. The number of rotatable bonds is 4. The van der Waals surface area contributed by atoms with Gasteiger partial charge in [0, 0.05) is 0 Å². The van der Waals surface area contributed by atoms with Gasteiger partial charge in [0.25, 0.3) is 0 Å². The minimum atomic E-state index is -1.65. The van der Waals surface area contributed by atoms with E-state index in [9.17, 15) is 35.4 Å². The molecule has 10 nitrogen and oxygen atoms in total. The molecule has 4 unspecified atom stereocenters. The van der Waals surface area contributed by atoms with Crippen LogP contribution in [0.15, 0.2) is 0 Å². The van der Waals surface area contributed by atoms with E-state index < -0.39 is 67.0 Å². The molecule has 2 heterocycles. The van der Waals surface area contributed by atoms with E-state index in [1.807, 2.05) is 0 Å². The molecule has 6 N–H and O–H groups in total. The van der Waals surface area contributed by atoms with Crippen LogP contribution in [0.4, 0.5) is 0 Å². The molecule has 0 amide bonds. The topological polar surface area (TPSA) is 166 Å². The molecule has 0 aromatic carbocycles. The second-order valence-corrected chi connectivity index (χ2v) is 6.19. The molecule has 10 heteroatoms. The van der Waals surface area contributed by atoms with Gasteiger partial charge in [-0.2, -0.15) is 0 Å². The van der Waals surface area contributed by atoms with Crippen LogP contribution in [-0.2, 0) is 19.0 Å². The van der Waals surface area contributed by atoms with Crippen molar-refractivity contribution in [2.24, 2.45) is 0 Å². The van der Waals surface area contributed by atoms with Crippen LogP contribution in [0.1, 0.15) is 13.8 Å². The lowest BCUT2D eigenvalue weighted by atomic mass is 9.95. The molecule has 0 aromatic rings. The summed E-state index contributed by atoms with van der Waals surface area (Å²) in [5.74, 6) is -0.553. The van der Waals surface area contributed by atoms with E-state index in [0.29, 0.717) is 0 Å². The number of hydrogen-bond acceptors (Lipinski definition) is 10. The largest absolute Gasteiger partial charge is 0.388 e. The van der Waals surface area contributed by atoms with Crippen LogP contribution in [0, 0.1) is 0 Å². The third kappa shape index (κ3) is 3.77. The summed E-state index contributed by atoms with van der Waals surface area (Å²) in [7, 11) is 0. The first-order valence-corrected chi connectivity index (χ1v) is 7.66. The van der Waals surface area contributed by atoms with Gasteiger partial charge in [-0.05, 0) is 13.8 Å². The van der Waals surface area contributed by atoms with Crippen molar-refractivity contribution < 1.29 is 49.6 Å². The van der Waals surface area contributed by atoms with Gasteiger partial charge in [0.1, 0.15) is 48.8 Å². The molecule has 10 atom stereocenters. The number of ether oxygens (including phenoxy) is 3. The van der Waals surface area contributed by atoms with E-state index >= 15 is 0 Å². The van der Waals surface area contributed by atoms with Crippen molar-refractivity contribution in [3.05, 3.63) is 0 Å². The average molecular weight is 352 g/mol. The van der Waals surface area contributed by atoms with E-state index in [4.69, 9.17) is 14.2 Å². The molecule has 24 heavy (non-hydrogen) atoms. The van der Waals surface area contributed by atoms with Gasteiger partial charge in [-0.1, -0.05) is 0 Å². The second-order valence-electron chi connectivity index (χ2n) is 6.19. The summed E-state index contributed by atoms with van der Waals surface area (Å²) in [6.07, 6.45) is -13.6. The van der Waals surface area contributed by atoms with Gasteiger partial charge in [-0.25, -0.2) is 0 Å². The lowest BCUT2D eigenvalue weighted by Gasteiger charge is -2.42. The van der Waals surface area contributed by atoms with Crippen LogP contribution in [-0.4, -0.2) is 104 Å². The van der Waals surface area contributed by atoms with E-state index in [0.717, 1.165) is 6.92 Å². The SMILES string of the molecule is CC(=O)C1O[C@H](OCC2O[C@@H](C)C(O)[C@@H](O)[C@@H]2O)C(O)[C@@H](O)[C@@H]1O. The maximum atomic E-state index is 11.4. The number of hydrogen-bond donors (Lipinski definition) is 6. The zero-order valence-corrected chi connectivity index (χ0v) is 13.3. The highest BCUT2D eigenvalue weighted by Gasteiger charge is 2.47. The van der Waals surface area contributed by atoms with Gasteiger partial charge in [0.15, 0.2) is 12.1 Å². The minimum Gasteiger partial charge on any atom is -0.388 e. The van der Waals surface area contributed by atoms with Crippen LogP contribution >= 0.6 is 0 Å². The number of aliphatic hydroxyl groups excluding tert-OH is 6. The Balaban J connectivity index is 1.98. The summed E-state index contributed by atoms with van der Waals surface area (Å²) in [4.78, 5) is 11.4. The second kappa shape index (κ2) is 7.68. The first-order chi connectivity index (χ1) is 11.1. The van der Waals surface area contributed by atoms with E-state index in [-0.39, 0.29) is 6.61 Å². The Bertz CT molecular complexity index is 445. The molecule has 2 saturated heterocycles. The fraction of sp³-hybridized carbons (Fsp3) is 0.929. The third-order valence-electron chi connectivity index (χ3n) is 4.35. The quantitative estimate of drug-likeness (QED) is 0.296. The van der Waals surface area contributed by atoms with Gasteiger partial charge >= 0.3 is 0 Å². The third-order valence-corrected chi connectivity index (χ3v) is 4.35. The highest BCUT2D eigenvalue weighted by atomic mass is 16.7. The van der Waals surface area contributed by atoms with E-state index in [1.54, 1.807) is 0 Å². The molecule has 2 fully saturated rings. The Morgan fingerprint density at radius 1 is 0.875 bits per heavy atom. The van der Waals surface area contributed by atoms with Crippen LogP contribution in [0.25, 0.3) is 0 Å². The molecule has 0 saturated carbocycles. The summed E-state index contributed by atoms with van der Waals surface area (Å²) in [5.41, 5.74) is 0. The molecule has 0 spiro atoms. The van der Waals surface area contributed by atoms with Crippen LogP contribution < -0.4 is 0 Å². The van der Waals surface area contributed by atoms with Gasteiger partial charge in [-0.15, -0.1) is 0 Å². The lowest BCUT2D eigenvalue weighted by molar-refractivity contribution is -0.304. The Kier molecular flexibility index (Phi) is 6.29. The normalized spacial score (nSPS) is 49.8. The molecule has 2 aliphatic heterocycles. The summed E-state index contributed by atoms with van der Waals surface area (Å²) < 4.78 is 15.8. The average Bonchev–Trinajstić information content (AvgIpc) is 2.54. The molecule has 0 aliphatic carbocycles.